The molecule has 1 fully saturated rings. The van der Waals surface area contributed by atoms with Crippen molar-refractivity contribution in [2.45, 2.75) is 19.8 Å². The minimum absolute atomic E-state index is 0.0970. The molecule has 1 amide bonds. The molecule has 17 heavy (non-hydrogen) atoms. The van der Waals surface area contributed by atoms with E-state index in [1.54, 1.807) is 13.0 Å². The second-order valence-electron chi connectivity index (χ2n) is 4.39. The van der Waals surface area contributed by atoms with Gasteiger partial charge >= 0.3 is 0 Å². The summed E-state index contributed by atoms with van der Waals surface area (Å²) in [4.78, 5) is 21.6. The van der Waals surface area contributed by atoms with Crippen LogP contribution in [0.1, 0.15) is 18.7 Å². The topological polar surface area (TPSA) is 98.1 Å². The second kappa shape index (κ2) is 4.57. The third-order valence-corrected chi connectivity index (χ3v) is 2.99. The molecule has 0 saturated carbocycles. The first-order chi connectivity index (χ1) is 8.06. The summed E-state index contributed by atoms with van der Waals surface area (Å²) in [5.41, 5.74) is 11.0. The Morgan fingerprint density at radius 3 is 2.94 bits per heavy atom. The van der Waals surface area contributed by atoms with E-state index in [4.69, 9.17) is 11.5 Å². The summed E-state index contributed by atoms with van der Waals surface area (Å²) >= 11 is 0. The maximum atomic E-state index is 11.2. The lowest BCUT2D eigenvalue weighted by Crippen LogP contribution is -2.41. The van der Waals surface area contributed by atoms with Crippen LogP contribution in [0, 0.1) is 12.8 Å². The molecular formula is C11H17N5O. The number of aromatic nitrogens is 2. The SMILES string of the molecule is Cc1nc(N)cc(N2CCCC(C(N)=O)C2)n1. The summed E-state index contributed by atoms with van der Waals surface area (Å²) < 4.78 is 0. The molecule has 1 atom stereocenters. The molecule has 1 aliphatic heterocycles. The zero-order chi connectivity index (χ0) is 12.4. The predicted octanol–water partition coefficient (Wildman–Crippen LogP) is 0.0689. The molecule has 6 heteroatoms. The number of primary amides is 1. The summed E-state index contributed by atoms with van der Waals surface area (Å²) in [7, 11) is 0. The Hall–Kier alpha value is -1.85. The van der Waals surface area contributed by atoms with Gasteiger partial charge in [-0.05, 0) is 19.8 Å². The Kier molecular flexibility index (Phi) is 3.12. The second-order valence-corrected chi connectivity index (χ2v) is 4.39. The largest absolute Gasteiger partial charge is 0.384 e. The van der Waals surface area contributed by atoms with Crippen LogP contribution in [0.25, 0.3) is 0 Å². The number of anilines is 2. The first kappa shape index (κ1) is 11.6. The number of carbonyl (C=O) groups is 1. The van der Waals surface area contributed by atoms with Gasteiger partial charge in [0.2, 0.25) is 5.91 Å². The summed E-state index contributed by atoms with van der Waals surface area (Å²) in [6.07, 6.45) is 1.79. The van der Waals surface area contributed by atoms with Crippen molar-refractivity contribution in [3.05, 3.63) is 11.9 Å². The van der Waals surface area contributed by atoms with Crippen molar-refractivity contribution in [1.29, 1.82) is 0 Å². The molecule has 2 heterocycles. The number of amides is 1. The summed E-state index contributed by atoms with van der Waals surface area (Å²) in [5.74, 6) is 1.53. The van der Waals surface area contributed by atoms with E-state index in [9.17, 15) is 4.79 Å². The summed E-state index contributed by atoms with van der Waals surface area (Å²) in [6.45, 7) is 3.29. The van der Waals surface area contributed by atoms with E-state index in [-0.39, 0.29) is 11.8 Å². The predicted molar refractivity (Wildman–Crippen MR) is 65.3 cm³/mol. The highest BCUT2D eigenvalue weighted by Gasteiger charge is 2.24. The van der Waals surface area contributed by atoms with Crippen LogP contribution in [0.2, 0.25) is 0 Å². The molecule has 2 rings (SSSR count). The van der Waals surface area contributed by atoms with Crippen LogP contribution in [-0.2, 0) is 4.79 Å². The van der Waals surface area contributed by atoms with Gasteiger partial charge in [0.1, 0.15) is 17.5 Å². The van der Waals surface area contributed by atoms with Crippen LogP contribution in [-0.4, -0.2) is 29.0 Å². The maximum absolute atomic E-state index is 11.2. The fourth-order valence-corrected chi connectivity index (χ4v) is 2.15. The molecule has 6 nitrogen and oxygen atoms in total. The highest BCUT2D eigenvalue weighted by molar-refractivity contribution is 5.77. The van der Waals surface area contributed by atoms with E-state index in [0.717, 1.165) is 25.2 Å². The third kappa shape index (κ3) is 2.64. The molecule has 92 valence electrons. The molecule has 1 aromatic rings. The van der Waals surface area contributed by atoms with Crippen LogP contribution in [0.5, 0.6) is 0 Å². The van der Waals surface area contributed by atoms with E-state index in [2.05, 4.69) is 9.97 Å². The van der Waals surface area contributed by atoms with Gasteiger partial charge < -0.3 is 16.4 Å². The molecule has 1 saturated heterocycles. The molecule has 0 aromatic carbocycles. The van der Waals surface area contributed by atoms with Crippen LogP contribution in [0.3, 0.4) is 0 Å². The molecule has 0 radical (unpaired) electrons. The Bertz CT molecular complexity index is 414. The number of nitrogens with two attached hydrogens (primary N) is 2. The lowest BCUT2D eigenvalue weighted by Gasteiger charge is -2.32. The first-order valence-electron chi connectivity index (χ1n) is 5.71. The van der Waals surface area contributed by atoms with E-state index >= 15 is 0 Å². The lowest BCUT2D eigenvalue weighted by molar-refractivity contribution is -0.122. The van der Waals surface area contributed by atoms with Gasteiger partial charge in [0.25, 0.3) is 0 Å². The average Bonchev–Trinajstić information content (AvgIpc) is 2.28. The molecule has 0 bridgehead atoms. The van der Waals surface area contributed by atoms with Crippen LogP contribution < -0.4 is 16.4 Å². The van der Waals surface area contributed by atoms with Crippen molar-refractivity contribution in [1.82, 2.24) is 9.97 Å². The smallest absolute Gasteiger partial charge is 0.222 e. The number of piperidine rings is 1. The first-order valence-corrected chi connectivity index (χ1v) is 5.71. The fraction of sp³-hybridized carbons (Fsp3) is 0.545. The minimum atomic E-state index is -0.242. The van der Waals surface area contributed by atoms with Crippen molar-refractivity contribution in [3.63, 3.8) is 0 Å². The molecule has 0 spiro atoms. The lowest BCUT2D eigenvalue weighted by atomic mass is 9.97. The Morgan fingerprint density at radius 1 is 1.53 bits per heavy atom. The van der Waals surface area contributed by atoms with Gasteiger partial charge in [0.15, 0.2) is 0 Å². The minimum Gasteiger partial charge on any atom is -0.384 e. The number of rotatable bonds is 2. The quantitative estimate of drug-likeness (QED) is 0.755. The molecule has 1 aromatic heterocycles. The molecular weight excluding hydrogens is 218 g/mol. The van der Waals surface area contributed by atoms with Gasteiger partial charge in [-0.1, -0.05) is 0 Å². The standard InChI is InChI=1S/C11H17N5O/c1-7-14-9(12)5-10(15-7)16-4-2-3-8(6-16)11(13)17/h5,8H,2-4,6H2,1H3,(H2,13,17)(H2,12,14,15). The Labute approximate surface area is 100 Å². The average molecular weight is 235 g/mol. The van der Waals surface area contributed by atoms with E-state index in [1.807, 2.05) is 4.90 Å². The summed E-state index contributed by atoms with van der Waals surface area (Å²) in [6, 6.07) is 1.73. The molecule has 4 N–H and O–H groups in total. The van der Waals surface area contributed by atoms with Gasteiger partial charge in [-0.15, -0.1) is 0 Å². The highest BCUT2D eigenvalue weighted by Crippen LogP contribution is 2.22. The van der Waals surface area contributed by atoms with Crippen LogP contribution >= 0.6 is 0 Å². The Morgan fingerprint density at radius 2 is 2.29 bits per heavy atom. The maximum Gasteiger partial charge on any atom is 0.222 e. The van der Waals surface area contributed by atoms with Gasteiger partial charge in [0.05, 0.1) is 5.92 Å². The molecule has 1 aliphatic rings. The highest BCUT2D eigenvalue weighted by atomic mass is 16.1. The zero-order valence-electron chi connectivity index (χ0n) is 9.89. The number of nitrogens with zero attached hydrogens (tertiary/aromatic N) is 3. The van der Waals surface area contributed by atoms with Crippen molar-refractivity contribution in [3.8, 4) is 0 Å². The van der Waals surface area contributed by atoms with Crippen LogP contribution in [0.15, 0.2) is 6.07 Å². The van der Waals surface area contributed by atoms with E-state index in [1.165, 1.54) is 0 Å². The normalized spacial score (nSPS) is 20.3. The number of hydrogen-bond acceptors (Lipinski definition) is 5. The van der Waals surface area contributed by atoms with Crippen molar-refractivity contribution in [2.75, 3.05) is 23.7 Å². The third-order valence-electron chi connectivity index (χ3n) is 2.99. The Balaban J connectivity index is 2.18. The van der Waals surface area contributed by atoms with Crippen molar-refractivity contribution in [2.24, 2.45) is 11.7 Å². The van der Waals surface area contributed by atoms with Gasteiger partial charge in [0, 0.05) is 19.2 Å². The number of aryl methyl sites for hydroxylation is 1. The monoisotopic (exact) mass is 235 g/mol. The number of carbonyl (C=O) groups excluding carboxylic acids is 1. The zero-order valence-corrected chi connectivity index (χ0v) is 9.89. The molecule has 1 unspecified atom stereocenters. The summed E-state index contributed by atoms with van der Waals surface area (Å²) in [5, 5.41) is 0. The van der Waals surface area contributed by atoms with E-state index in [0.29, 0.717) is 18.2 Å². The van der Waals surface area contributed by atoms with Crippen LogP contribution in [0.4, 0.5) is 11.6 Å². The van der Waals surface area contributed by atoms with Gasteiger partial charge in [-0.3, -0.25) is 4.79 Å². The van der Waals surface area contributed by atoms with Gasteiger partial charge in [-0.25, -0.2) is 9.97 Å². The number of nitrogen functional groups attached to an aromatic ring is 1. The number of hydrogen-bond donors (Lipinski definition) is 2. The molecule has 0 aliphatic carbocycles. The fourth-order valence-electron chi connectivity index (χ4n) is 2.15. The van der Waals surface area contributed by atoms with Crippen molar-refractivity contribution < 1.29 is 4.79 Å². The van der Waals surface area contributed by atoms with Crippen molar-refractivity contribution >= 4 is 17.5 Å². The van der Waals surface area contributed by atoms with Gasteiger partial charge in [-0.2, -0.15) is 0 Å². The van der Waals surface area contributed by atoms with E-state index < -0.39 is 0 Å².